The van der Waals surface area contributed by atoms with E-state index in [0.29, 0.717) is 6.42 Å². The molecule has 0 bridgehead atoms. The van der Waals surface area contributed by atoms with Crippen LogP contribution in [-0.4, -0.2) is 5.91 Å². The molecule has 2 N–H and O–H groups in total. The number of carbonyl (C=O) groups excluding carboxylic acids is 1. The molecule has 1 atom stereocenters. The van der Waals surface area contributed by atoms with Crippen molar-refractivity contribution in [3.63, 3.8) is 0 Å². The summed E-state index contributed by atoms with van der Waals surface area (Å²) in [6.07, 6.45) is 9.19. The average Bonchev–Trinajstić information content (AvgIpc) is 2.14. The van der Waals surface area contributed by atoms with Crippen LogP contribution in [0.1, 0.15) is 65.2 Å². The summed E-state index contributed by atoms with van der Waals surface area (Å²) in [7, 11) is 0. The molecule has 0 rings (SSSR count). The number of primary amides is 1. The molecule has 1 unspecified atom stereocenters. The van der Waals surface area contributed by atoms with Gasteiger partial charge in [0, 0.05) is 6.42 Å². The normalized spacial score (nSPS) is 12.7. The Hall–Kier alpha value is -0.530. The standard InChI is InChI=1S/C12H25NO/c1-3-5-6-8-11(7-4-2)9-10-12(13)14/h11H,3-10H2,1-2H3,(H2,13,14). The fraction of sp³-hybridized carbons (Fsp3) is 0.917. The molecular weight excluding hydrogens is 174 g/mol. The number of hydrogen-bond acceptors (Lipinski definition) is 1. The van der Waals surface area contributed by atoms with Crippen LogP contribution in [0.5, 0.6) is 0 Å². The molecule has 0 aliphatic heterocycles. The van der Waals surface area contributed by atoms with Crippen LogP contribution in [0.2, 0.25) is 0 Å². The van der Waals surface area contributed by atoms with Crippen LogP contribution in [-0.2, 0) is 4.79 Å². The molecule has 84 valence electrons. The lowest BCUT2D eigenvalue weighted by molar-refractivity contribution is -0.118. The lowest BCUT2D eigenvalue weighted by Crippen LogP contribution is -2.12. The van der Waals surface area contributed by atoms with Gasteiger partial charge in [-0.1, -0.05) is 52.4 Å². The van der Waals surface area contributed by atoms with Crippen molar-refractivity contribution in [3.05, 3.63) is 0 Å². The van der Waals surface area contributed by atoms with Gasteiger partial charge in [-0.2, -0.15) is 0 Å². The maximum absolute atomic E-state index is 10.7. The van der Waals surface area contributed by atoms with E-state index in [0.717, 1.165) is 12.3 Å². The van der Waals surface area contributed by atoms with Crippen LogP contribution in [0, 0.1) is 5.92 Å². The number of unbranched alkanes of at least 4 members (excludes halogenated alkanes) is 2. The van der Waals surface area contributed by atoms with Crippen molar-refractivity contribution < 1.29 is 4.79 Å². The first kappa shape index (κ1) is 13.5. The monoisotopic (exact) mass is 199 g/mol. The molecule has 0 radical (unpaired) electrons. The fourth-order valence-corrected chi connectivity index (χ4v) is 1.87. The van der Waals surface area contributed by atoms with E-state index in [1.807, 2.05) is 0 Å². The van der Waals surface area contributed by atoms with Gasteiger partial charge in [-0.05, 0) is 12.3 Å². The van der Waals surface area contributed by atoms with Crippen molar-refractivity contribution in [3.8, 4) is 0 Å². The number of amides is 1. The lowest BCUT2D eigenvalue weighted by atomic mass is 9.92. The van der Waals surface area contributed by atoms with Gasteiger partial charge in [-0.25, -0.2) is 0 Å². The molecule has 2 nitrogen and oxygen atoms in total. The molecule has 0 aromatic carbocycles. The largest absolute Gasteiger partial charge is 0.370 e. The van der Waals surface area contributed by atoms with Gasteiger partial charge >= 0.3 is 0 Å². The van der Waals surface area contributed by atoms with Crippen molar-refractivity contribution in [1.29, 1.82) is 0 Å². The third-order valence-electron chi connectivity index (χ3n) is 2.71. The fourth-order valence-electron chi connectivity index (χ4n) is 1.87. The molecule has 0 saturated heterocycles. The quantitative estimate of drug-likeness (QED) is 0.569. The second-order valence-electron chi connectivity index (χ2n) is 4.16. The second-order valence-corrected chi connectivity index (χ2v) is 4.16. The first-order valence-corrected chi connectivity index (χ1v) is 5.99. The summed E-state index contributed by atoms with van der Waals surface area (Å²) in [6.45, 7) is 4.43. The highest BCUT2D eigenvalue weighted by Crippen LogP contribution is 2.20. The summed E-state index contributed by atoms with van der Waals surface area (Å²) < 4.78 is 0. The minimum atomic E-state index is -0.151. The Labute approximate surface area is 88.3 Å². The first-order chi connectivity index (χ1) is 6.70. The highest BCUT2D eigenvalue weighted by molar-refractivity contribution is 5.73. The van der Waals surface area contributed by atoms with Gasteiger partial charge in [-0.15, -0.1) is 0 Å². The maximum atomic E-state index is 10.7. The van der Waals surface area contributed by atoms with Crippen LogP contribution in [0.4, 0.5) is 0 Å². The third kappa shape index (κ3) is 8.09. The van der Waals surface area contributed by atoms with Gasteiger partial charge in [0.1, 0.15) is 0 Å². The van der Waals surface area contributed by atoms with Gasteiger partial charge < -0.3 is 5.73 Å². The maximum Gasteiger partial charge on any atom is 0.217 e. The predicted molar refractivity (Wildman–Crippen MR) is 61.0 cm³/mol. The van der Waals surface area contributed by atoms with E-state index in [-0.39, 0.29) is 5.91 Å². The Morgan fingerprint density at radius 3 is 2.29 bits per heavy atom. The number of carbonyl (C=O) groups is 1. The van der Waals surface area contributed by atoms with E-state index in [1.54, 1.807) is 0 Å². The summed E-state index contributed by atoms with van der Waals surface area (Å²) in [5, 5.41) is 0. The van der Waals surface area contributed by atoms with Crippen molar-refractivity contribution in [1.82, 2.24) is 0 Å². The molecule has 0 aliphatic rings. The molecule has 0 aromatic heterocycles. The summed E-state index contributed by atoms with van der Waals surface area (Å²) in [6, 6.07) is 0. The van der Waals surface area contributed by atoms with Crippen LogP contribution in [0.15, 0.2) is 0 Å². The zero-order valence-electron chi connectivity index (χ0n) is 9.72. The van der Waals surface area contributed by atoms with E-state index in [1.165, 1.54) is 38.5 Å². The SMILES string of the molecule is CCCCCC(CCC)CCC(N)=O. The molecule has 0 aliphatic carbocycles. The average molecular weight is 199 g/mol. The number of rotatable bonds is 9. The Balaban J connectivity index is 3.59. The molecule has 2 heteroatoms. The van der Waals surface area contributed by atoms with Gasteiger partial charge in [0.2, 0.25) is 5.91 Å². The van der Waals surface area contributed by atoms with Crippen molar-refractivity contribution in [2.24, 2.45) is 11.7 Å². The summed E-state index contributed by atoms with van der Waals surface area (Å²) >= 11 is 0. The van der Waals surface area contributed by atoms with Crippen LogP contribution >= 0.6 is 0 Å². The molecule has 0 heterocycles. The zero-order chi connectivity index (χ0) is 10.8. The molecule has 1 amide bonds. The van der Waals surface area contributed by atoms with Crippen LogP contribution in [0.25, 0.3) is 0 Å². The van der Waals surface area contributed by atoms with E-state index in [2.05, 4.69) is 13.8 Å². The summed E-state index contributed by atoms with van der Waals surface area (Å²) in [4.78, 5) is 10.7. The van der Waals surface area contributed by atoms with E-state index in [9.17, 15) is 4.79 Å². The van der Waals surface area contributed by atoms with Crippen molar-refractivity contribution in [2.45, 2.75) is 65.2 Å². The molecular formula is C12H25NO. The molecule has 0 saturated carbocycles. The highest BCUT2D eigenvalue weighted by Gasteiger charge is 2.08. The molecule has 0 fully saturated rings. The summed E-state index contributed by atoms with van der Waals surface area (Å²) in [5.74, 6) is 0.570. The van der Waals surface area contributed by atoms with Gasteiger partial charge in [-0.3, -0.25) is 4.79 Å². The van der Waals surface area contributed by atoms with Crippen LogP contribution in [0.3, 0.4) is 0 Å². The van der Waals surface area contributed by atoms with E-state index >= 15 is 0 Å². The van der Waals surface area contributed by atoms with E-state index in [4.69, 9.17) is 5.73 Å². The van der Waals surface area contributed by atoms with Crippen molar-refractivity contribution >= 4 is 5.91 Å². The van der Waals surface area contributed by atoms with Crippen molar-refractivity contribution in [2.75, 3.05) is 0 Å². The van der Waals surface area contributed by atoms with Crippen LogP contribution < -0.4 is 5.73 Å². The van der Waals surface area contributed by atoms with E-state index < -0.39 is 0 Å². The first-order valence-electron chi connectivity index (χ1n) is 5.99. The van der Waals surface area contributed by atoms with Gasteiger partial charge in [0.25, 0.3) is 0 Å². The Morgan fingerprint density at radius 1 is 1.07 bits per heavy atom. The lowest BCUT2D eigenvalue weighted by Gasteiger charge is -2.14. The Morgan fingerprint density at radius 2 is 1.79 bits per heavy atom. The molecule has 0 spiro atoms. The number of nitrogens with two attached hydrogens (primary N) is 1. The minimum Gasteiger partial charge on any atom is -0.370 e. The van der Waals surface area contributed by atoms with Gasteiger partial charge in [0.15, 0.2) is 0 Å². The predicted octanol–water partition coefficient (Wildman–Crippen LogP) is 3.25. The smallest absolute Gasteiger partial charge is 0.217 e. The minimum absolute atomic E-state index is 0.151. The second kappa shape index (κ2) is 9.04. The van der Waals surface area contributed by atoms with Gasteiger partial charge in [0.05, 0.1) is 0 Å². The topological polar surface area (TPSA) is 43.1 Å². The Bertz CT molecular complexity index is 145. The Kier molecular flexibility index (Phi) is 8.70. The summed E-state index contributed by atoms with van der Waals surface area (Å²) in [5.41, 5.74) is 5.15. The third-order valence-corrected chi connectivity index (χ3v) is 2.71. The highest BCUT2D eigenvalue weighted by atomic mass is 16.1. The zero-order valence-corrected chi connectivity index (χ0v) is 9.72. The molecule has 0 aromatic rings. The molecule has 14 heavy (non-hydrogen) atoms. The number of hydrogen-bond donors (Lipinski definition) is 1.